The standard InChI is InChI=1S/C60H39N9/c1-4-16-40(17-5-1)43-22-10-25-49(37-43)67-55(64-52-28-13-31-61-58(52)67)46-34-47(56-65-53-29-14-32-62-59(53)68(56)50-26-11-23-44(38-50)41-18-6-2-7-19-41)36-48(35-46)57-66-54-30-15-33-63-60(54)69(57)51-27-12-24-45(39-51)42-20-8-3-9-21-42/h1-39H/p+1. The van der Waals surface area contributed by atoms with Crippen molar-refractivity contribution in [2.24, 2.45) is 0 Å². The lowest BCUT2D eigenvalue weighted by Crippen LogP contribution is -2.32. The van der Waals surface area contributed by atoms with Crippen molar-refractivity contribution < 1.29 is 4.57 Å². The largest absolute Gasteiger partial charge is 0.306 e. The molecule has 0 unspecified atom stereocenters. The van der Waals surface area contributed by atoms with Crippen LogP contribution in [0.3, 0.4) is 0 Å². The van der Waals surface area contributed by atoms with Gasteiger partial charge in [0.1, 0.15) is 34.6 Å². The second kappa shape index (κ2) is 16.7. The number of rotatable bonds is 9. The molecule has 324 valence electrons. The molecule has 0 saturated carbocycles. The van der Waals surface area contributed by atoms with Gasteiger partial charge in [-0.3, -0.25) is 14.1 Å². The fourth-order valence-electron chi connectivity index (χ4n) is 9.50. The number of pyridine rings is 3. The van der Waals surface area contributed by atoms with E-state index < -0.39 is 0 Å². The molecule has 0 aliphatic rings. The summed E-state index contributed by atoms with van der Waals surface area (Å²) in [6.07, 6.45) is 5.50. The lowest BCUT2D eigenvalue weighted by Gasteiger charge is -2.15. The zero-order valence-electron chi connectivity index (χ0n) is 37.1. The molecule has 0 spiro atoms. The molecule has 6 heterocycles. The summed E-state index contributed by atoms with van der Waals surface area (Å²) < 4.78 is 6.55. The van der Waals surface area contributed by atoms with Crippen molar-refractivity contribution >= 4 is 33.5 Å². The Bertz CT molecular complexity index is 3590. The Morgan fingerprint density at radius 2 is 0.797 bits per heavy atom. The Labute approximate surface area is 397 Å². The van der Waals surface area contributed by atoms with E-state index in [0.717, 1.165) is 118 Å². The average molecular weight is 887 g/mol. The van der Waals surface area contributed by atoms with Crippen molar-refractivity contribution in [2.75, 3.05) is 0 Å². The predicted octanol–water partition coefficient (Wildman–Crippen LogP) is 13.3. The number of hydrogen-bond acceptors (Lipinski definition) is 5. The molecule has 0 aliphatic heterocycles. The van der Waals surface area contributed by atoms with Crippen molar-refractivity contribution in [3.8, 4) is 84.6 Å². The van der Waals surface area contributed by atoms with E-state index in [2.05, 4.69) is 189 Å². The number of nitrogens with one attached hydrogen (secondary N) is 1. The third-order valence-corrected chi connectivity index (χ3v) is 12.7. The van der Waals surface area contributed by atoms with Crippen LogP contribution in [0, 0.1) is 0 Å². The second-order valence-corrected chi connectivity index (χ2v) is 17.0. The first-order chi connectivity index (χ1) is 34.2. The van der Waals surface area contributed by atoms with Crippen LogP contribution in [0.2, 0.25) is 0 Å². The molecule has 6 aromatic heterocycles. The fourth-order valence-corrected chi connectivity index (χ4v) is 9.50. The highest BCUT2D eigenvalue weighted by molar-refractivity contribution is 5.87. The molecular weight excluding hydrogens is 847 g/mol. The molecule has 13 rings (SSSR count). The van der Waals surface area contributed by atoms with Gasteiger partial charge in [-0.15, -0.1) is 4.98 Å². The van der Waals surface area contributed by atoms with E-state index in [0.29, 0.717) is 0 Å². The van der Waals surface area contributed by atoms with E-state index in [9.17, 15) is 0 Å². The predicted molar refractivity (Wildman–Crippen MR) is 275 cm³/mol. The first-order valence-electron chi connectivity index (χ1n) is 22.9. The summed E-state index contributed by atoms with van der Waals surface area (Å²) in [6.45, 7) is 0. The summed E-state index contributed by atoms with van der Waals surface area (Å²) in [5.74, 6) is 2.31. The van der Waals surface area contributed by atoms with Gasteiger partial charge in [0, 0.05) is 40.5 Å². The molecule has 0 aliphatic carbocycles. The zero-order valence-corrected chi connectivity index (χ0v) is 37.1. The maximum absolute atomic E-state index is 5.40. The van der Waals surface area contributed by atoms with Crippen molar-refractivity contribution in [2.45, 2.75) is 0 Å². The average Bonchev–Trinajstić information content (AvgIpc) is 4.14. The third-order valence-electron chi connectivity index (χ3n) is 12.7. The lowest BCUT2D eigenvalue weighted by atomic mass is 10.0. The summed E-state index contributed by atoms with van der Waals surface area (Å²) in [5, 5.41) is 0. The van der Waals surface area contributed by atoms with Crippen LogP contribution in [0.1, 0.15) is 0 Å². The van der Waals surface area contributed by atoms with Crippen molar-refractivity contribution in [1.29, 1.82) is 0 Å². The van der Waals surface area contributed by atoms with Crippen LogP contribution in [0.5, 0.6) is 0 Å². The maximum atomic E-state index is 5.40. The summed E-state index contributed by atoms with van der Waals surface area (Å²) in [7, 11) is 0. The molecule has 9 nitrogen and oxygen atoms in total. The van der Waals surface area contributed by atoms with Crippen LogP contribution in [-0.4, -0.2) is 39.0 Å². The van der Waals surface area contributed by atoms with E-state index in [1.54, 1.807) is 0 Å². The van der Waals surface area contributed by atoms with Crippen LogP contribution in [0.4, 0.5) is 0 Å². The van der Waals surface area contributed by atoms with Gasteiger partial charge in [-0.05, 0) is 124 Å². The highest BCUT2D eigenvalue weighted by atomic mass is 15.2. The zero-order chi connectivity index (χ0) is 45.7. The van der Waals surface area contributed by atoms with Gasteiger partial charge >= 0.3 is 5.65 Å². The monoisotopic (exact) mass is 886 g/mol. The SMILES string of the molecule is c1ccc(-c2cccc(-n3c(-c4cc(-c5nc6cccnc6n5-c5cccc(-c6ccccc6)c5)cc(-c5[nH]c6cccnc6[n+]5-c5cccc(-c6ccccc6)c5)c4)nc4cccnc43)c2)cc1. The van der Waals surface area contributed by atoms with Crippen molar-refractivity contribution in [3.63, 3.8) is 0 Å². The smallest absolute Gasteiger partial charge is 0.277 e. The highest BCUT2D eigenvalue weighted by Gasteiger charge is 2.27. The van der Waals surface area contributed by atoms with Gasteiger partial charge in [0.2, 0.25) is 5.82 Å². The van der Waals surface area contributed by atoms with E-state index >= 15 is 0 Å². The number of fused-ring (bicyclic) bond motifs is 3. The van der Waals surface area contributed by atoms with Crippen molar-refractivity contribution in [1.82, 2.24) is 39.0 Å². The molecule has 0 fully saturated rings. The van der Waals surface area contributed by atoms with Gasteiger partial charge in [-0.2, -0.15) is 4.57 Å². The van der Waals surface area contributed by atoms with Gasteiger partial charge < -0.3 is 0 Å². The minimum atomic E-state index is 0.732. The second-order valence-electron chi connectivity index (χ2n) is 17.0. The number of imidazole rings is 3. The third kappa shape index (κ3) is 7.13. The Morgan fingerprint density at radius 3 is 1.33 bits per heavy atom. The molecule has 0 radical (unpaired) electrons. The van der Waals surface area contributed by atoms with Gasteiger partial charge in [0.15, 0.2) is 16.8 Å². The first kappa shape index (κ1) is 39.7. The van der Waals surface area contributed by atoms with Gasteiger partial charge in [-0.1, -0.05) is 127 Å². The van der Waals surface area contributed by atoms with Crippen molar-refractivity contribution in [3.05, 3.63) is 237 Å². The summed E-state index contributed by atoms with van der Waals surface area (Å²) in [6, 6.07) is 75.7. The Morgan fingerprint density at radius 1 is 0.348 bits per heavy atom. The quantitative estimate of drug-likeness (QED) is 0.146. The van der Waals surface area contributed by atoms with Crippen LogP contribution in [0.25, 0.3) is 118 Å². The minimum absolute atomic E-state index is 0.732. The van der Waals surface area contributed by atoms with Crippen LogP contribution < -0.4 is 4.57 Å². The molecule has 1 N–H and O–H groups in total. The van der Waals surface area contributed by atoms with E-state index in [1.165, 1.54) is 0 Å². The fraction of sp³-hybridized carbons (Fsp3) is 0. The van der Waals surface area contributed by atoms with Crippen LogP contribution >= 0.6 is 0 Å². The summed E-state index contributed by atoms with van der Waals surface area (Å²) >= 11 is 0. The molecule has 13 aromatic rings. The Balaban J connectivity index is 1.09. The normalized spacial score (nSPS) is 11.5. The Hall–Kier alpha value is -9.60. The molecule has 69 heavy (non-hydrogen) atoms. The summed E-state index contributed by atoms with van der Waals surface area (Å²) in [5.41, 5.74) is 16.9. The molecule has 0 saturated heterocycles. The highest BCUT2D eigenvalue weighted by Crippen LogP contribution is 2.38. The Kier molecular flexibility index (Phi) is 9.61. The van der Waals surface area contributed by atoms with Crippen LogP contribution in [-0.2, 0) is 0 Å². The number of nitrogens with zero attached hydrogens (tertiary/aromatic N) is 8. The molecule has 9 heteroatoms. The first-order valence-corrected chi connectivity index (χ1v) is 22.9. The number of aromatic amines is 1. The van der Waals surface area contributed by atoms with Gasteiger partial charge in [-0.25, -0.2) is 19.9 Å². The molecule has 7 aromatic carbocycles. The van der Waals surface area contributed by atoms with E-state index in [1.807, 2.05) is 67.1 Å². The minimum Gasteiger partial charge on any atom is -0.277 e. The molecule has 0 bridgehead atoms. The lowest BCUT2D eigenvalue weighted by molar-refractivity contribution is -0.556. The van der Waals surface area contributed by atoms with E-state index in [-0.39, 0.29) is 0 Å². The number of benzene rings is 7. The van der Waals surface area contributed by atoms with Gasteiger partial charge in [0.25, 0.3) is 0 Å². The summed E-state index contributed by atoms with van der Waals surface area (Å²) in [4.78, 5) is 29.5. The molecule has 0 atom stereocenters. The van der Waals surface area contributed by atoms with Gasteiger partial charge in [0.05, 0.1) is 0 Å². The van der Waals surface area contributed by atoms with Crippen LogP contribution in [0.15, 0.2) is 237 Å². The number of aromatic nitrogens is 9. The maximum Gasteiger partial charge on any atom is 0.306 e. The number of hydrogen-bond donors (Lipinski definition) is 1. The molecule has 0 amide bonds. The topological polar surface area (TPSA) is 94.0 Å². The molecular formula is C60H40N9+. The number of H-pyrrole nitrogens is 1. The van der Waals surface area contributed by atoms with E-state index in [4.69, 9.17) is 24.9 Å².